The lowest BCUT2D eigenvalue weighted by Gasteiger charge is -2.09. The van der Waals surface area contributed by atoms with Crippen molar-refractivity contribution in [1.29, 1.82) is 0 Å². The summed E-state index contributed by atoms with van der Waals surface area (Å²) < 4.78 is 10.1. The molecule has 0 heterocycles. The Morgan fingerprint density at radius 2 is 2.00 bits per heavy atom. The summed E-state index contributed by atoms with van der Waals surface area (Å²) in [5.74, 6) is 1.03. The first-order valence-corrected chi connectivity index (χ1v) is 4.61. The first-order valence-electron chi connectivity index (χ1n) is 4.61. The van der Waals surface area contributed by atoms with Gasteiger partial charge in [-0.3, -0.25) is 10.1 Å². The largest absolute Gasteiger partial charge is 0.493 e. The van der Waals surface area contributed by atoms with Crippen LogP contribution in [0.25, 0.3) is 0 Å². The molecule has 1 aromatic carbocycles. The van der Waals surface area contributed by atoms with E-state index in [1.54, 1.807) is 18.2 Å². The van der Waals surface area contributed by atoms with Crippen molar-refractivity contribution in [2.75, 3.05) is 14.2 Å². The summed E-state index contributed by atoms with van der Waals surface area (Å²) in [6.07, 6.45) is -1.66. The predicted octanol–water partition coefficient (Wildman–Crippen LogP) is 0.841. The van der Waals surface area contributed by atoms with E-state index < -0.39 is 11.2 Å². The van der Waals surface area contributed by atoms with Gasteiger partial charge in [-0.1, -0.05) is 6.07 Å². The Hall–Kier alpha value is -1.82. The molecule has 1 N–H and O–H groups in total. The number of rotatable bonds is 5. The standard InChI is InChI=1S/C10H13NO5/c1-15-8-4-3-7(5-9(8)16-2)6-10(12)11(13)14/h3-5,10,12H,6H2,1-2H3. The smallest absolute Gasteiger partial charge is 0.317 e. The molecule has 16 heavy (non-hydrogen) atoms. The first kappa shape index (κ1) is 12.3. The van der Waals surface area contributed by atoms with Gasteiger partial charge in [-0.25, -0.2) is 0 Å². The van der Waals surface area contributed by atoms with Crippen molar-refractivity contribution in [3.05, 3.63) is 33.9 Å². The minimum Gasteiger partial charge on any atom is -0.493 e. The van der Waals surface area contributed by atoms with Crippen LogP contribution in [-0.2, 0) is 6.42 Å². The van der Waals surface area contributed by atoms with Crippen LogP contribution in [-0.4, -0.2) is 30.5 Å². The number of ether oxygens (including phenoxy) is 2. The minimum atomic E-state index is -1.60. The fraction of sp³-hybridized carbons (Fsp3) is 0.400. The molecule has 0 saturated heterocycles. The van der Waals surface area contributed by atoms with Gasteiger partial charge in [0.1, 0.15) is 0 Å². The van der Waals surface area contributed by atoms with Crippen LogP contribution in [0, 0.1) is 10.1 Å². The van der Waals surface area contributed by atoms with Crippen LogP contribution in [0.4, 0.5) is 0 Å². The fourth-order valence-electron chi connectivity index (χ4n) is 1.29. The third kappa shape index (κ3) is 2.83. The maximum absolute atomic E-state index is 10.3. The molecule has 88 valence electrons. The molecule has 6 nitrogen and oxygen atoms in total. The lowest BCUT2D eigenvalue weighted by molar-refractivity contribution is -0.569. The summed E-state index contributed by atoms with van der Waals surface area (Å²) >= 11 is 0. The second-order valence-electron chi connectivity index (χ2n) is 3.16. The van der Waals surface area contributed by atoms with Gasteiger partial charge in [0, 0.05) is 0 Å². The zero-order valence-corrected chi connectivity index (χ0v) is 9.04. The second-order valence-corrected chi connectivity index (χ2v) is 3.16. The summed E-state index contributed by atoms with van der Waals surface area (Å²) in [5.41, 5.74) is 0.613. The van der Waals surface area contributed by atoms with E-state index in [1.807, 2.05) is 0 Å². The number of aliphatic hydroxyl groups is 1. The summed E-state index contributed by atoms with van der Waals surface area (Å²) in [5, 5.41) is 19.4. The van der Waals surface area contributed by atoms with Crippen molar-refractivity contribution in [3.63, 3.8) is 0 Å². The highest BCUT2D eigenvalue weighted by molar-refractivity contribution is 5.42. The number of benzene rings is 1. The molecule has 0 bridgehead atoms. The molecule has 0 aliphatic heterocycles. The zero-order valence-electron chi connectivity index (χ0n) is 9.04. The van der Waals surface area contributed by atoms with Crippen molar-refractivity contribution >= 4 is 0 Å². The number of hydrogen-bond donors (Lipinski definition) is 1. The van der Waals surface area contributed by atoms with Crippen LogP contribution < -0.4 is 9.47 Å². The van der Waals surface area contributed by atoms with E-state index in [2.05, 4.69) is 0 Å². The average Bonchev–Trinajstić information content (AvgIpc) is 2.28. The molecule has 0 saturated carbocycles. The molecule has 0 spiro atoms. The number of aliphatic hydroxyl groups excluding tert-OH is 1. The first-order chi connectivity index (χ1) is 7.58. The maximum Gasteiger partial charge on any atom is 0.317 e. The van der Waals surface area contributed by atoms with Crippen molar-refractivity contribution in [2.24, 2.45) is 0 Å². The van der Waals surface area contributed by atoms with E-state index in [4.69, 9.17) is 14.6 Å². The fourth-order valence-corrected chi connectivity index (χ4v) is 1.29. The van der Waals surface area contributed by atoms with Crippen molar-refractivity contribution in [3.8, 4) is 11.5 Å². The van der Waals surface area contributed by atoms with Gasteiger partial charge < -0.3 is 14.6 Å². The van der Waals surface area contributed by atoms with Gasteiger partial charge in [0.15, 0.2) is 11.5 Å². The van der Waals surface area contributed by atoms with Gasteiger partial charge in [-0.05, 0) is 17.7 Å². The Kier molecular flexibility index (Phi) is 4.07. The maximum atomic E-state index is 10.3. The Bertz CT molecular complexity index is 379. The molecule has 1 rings (SSSR count). The van der Waals surface area contributed by atoms with Gasteiger partial charge >= 0.3 is 6.23 Å². The SMILES string of the molecule is COc1ccc(CC(O)[N+](=O)[O-])cc1OC. The van der Waals surface area contributed by atoms with Crippen LogP contribution in [0.15, 0.2) is 18.2 Å². The molecular weight excluding hydrogens is 214 g/mol. The van der Waals surface area contributed by atoms with Gasteiger partial charge in [0.25, 0.3) is 0 Å². The van der Waals surface area contributed by atoms with E-state index in [-0.39, 0.29) is 6.42 Å². The molecular formula is C10H13NO5. The van der Waals surface area contributed by atoms with Crippen LogP contribution in [0.5, 0.6) is 11.5 Å². The third-order valence-electron chi connectivity index (χ3n) is 2.11. The van der Waals surface area contributed by atoms with Crippen molar-refractivity contribution in [1.82, 2.24) is 0 Å². The quantitative estimate of drug-likeness (QED) is 0.458. The van der Waals surface area contributed by atoms with E-state index in [1.165, 1.54) is 14.2 Å². The highest BCUT2D eigenvalue weighted by Crippen LogP contribution is 2.27. The topological polar surface area (TPSA) is 81.8 Å². The molecule has 0 radical (unpaired) electrons. The molecule has 1 atom stereocenters. The van der Waals surface area contributed by atoms with Crippen LogP contribution >= 0.6 is 0 Å². The second kappa shape index (κ2) is 5.32. The van der Waals surface area contributed by atoms with E-state index in [9.17, 15) is 10.1 Å². The van der Waals surface area contributed by atoms with Gasteiger partial charge in [-0.2, -0.15) is 0 Å². The highest BCUT2D eigenvalue weighted by atomic mass is 16.7. The Morgan fingerprint density at radius 3 is 2.50 bits per heavy atom. The molecule has 6 heteroatoms. The van der Waals surface area contributed by atoms with Crippen molar-refractivity contribution in [2.45, 2.75) is 12.6 Å². The van der Waals surface area contributed by atoms with Gasteiger partial charge in [0.05, 0.1) is 25.6 Å². The number of hydrogen-bond acceptors (Lipinski definition) is 5. The molecule has 0 amide bonds. The summed E-state index contributed by atoms with van der Waals surface area (Å²) in [6, 6.07) is 4.89. The van der Waals surface area contributed by atoms with Gasteiger partial charge in [0.2, 0.25) is 0 Å². The average molecular weight is 227 g/mol. The zero-order chi connectivity index (χ0) is 12.1. The lowest BCUT2D eigenvalue weighted by Crippen LogP contribution is -2.21. The van der Waals surface area contributed by atoms with E-state index in [0.29, 0.717) is 17.1 Å². The third-order valence-corrected chi connectivity index (χ3v) is 2.11. The van der Waals surface area contributed by atoms with Crippen LogP contribution in [0.3, 0.4) is 0 Å². The monoisotopic (exact) mass is 227 g/mol. The highest BCUT2D eigenvalue weighted by Gasteiger charge is 2.16. The minimum absolute atomic E-state index is 0.0621. The van der Waals surface area contributed by atoms with Crippen molar-refractivity contribution < 1.29 is 19.5 Å². The number of nitro groups is 1. The molecule has 1 unspecified atom stereocenters. The number of nitrogens with zero attached hydrogens (tertiary/aromatic N) is 1. The molecule has 0 aliphatic carbocycles. The Balaban J connectivity index is 2.86. The lowest BCUT2D eigenvalue weighted by atomic mass is 10.1. The molecule has 0 fully saturated rings. The van der Waals surface area contributed by atoms with Gasteiger partial charge in [-0.15, -0.1) is 0 Å². The Morgan fingerprint density at radius 1 is 1.38 bits per heavy atom. The summed E-state index contributed by atoms with van der Waals surface area (Å²) in [6.45, 7) is 0. The Labute approximate surface area is 92.6 Å². The van der Waals surface area contributed by atoms with E-state index >= 15 is 0 Å². The molecule has 0 aliphatic rings. The van der Waals surface area contributed by atoms with E-state index in [0.717, 1.165) is 0 Å². The molecule has 0 aromatic heterocycles. The normalized spacial score (nSPS) is 11.9. The summed E-state index contributed by atoms with van der Waals surface area (Å²) in [4.78, 5) is 9.54. The summed E-state index contributed by atoms with van der Waals surface area (Å²) in [7, 11) is 2.98. The molecule has 1 aromatic rings. The van der Waals surface area contributed by atoms with Crippen LogP contribution in [0.2, 0.25) is 0 Å². The van der Waals surface area contributed by atoms with Crippen LogP contribution in [0.1, 0.15) is 5.56 Å². The predicted molar refractivity (Wildman–Crippen MR) is 56.3 cm³/mol. The number of methoxy groups -OCH3 is 2.